The molecule has 7 nitrogen and oxygen atoms in total. The van der Waals surface area contributed by atoms with Crippen LogP contribution < -0.4 is 10.2 Å². The van der Waals surface area contributed by atoms with Crippen LogP contribution in [0.2, 0.25) is 0 Å². The predicted octanol–water partition coefficient (Wildman–Crippen LogP) is 2.83. The number of aromatic nitrogens is 3. The molecular formula is C20H25N5O2S. The molecule has 0 bridgehead atoms. The molecule has 1 amide bonds. The van der Waals surface area contributed by atoms with Crippen LogP contribution in [0.5, 0.6) is 0 Å². The van der Waals surface area contributed by atoms with Gasteiger partial charge < -0.3 is 15.0 Å². The minimum atomic E-state index is -0.0465. The Morgan fingerprint density at radius 3 is 2.64 bits per heavy atom. The number of amides is 1. The molecule has 0 saturated carbocycles. The van der Waals surface area contributed by atoms with Crippen LogP contribution in [0.15, 0.2) is 24.3 Å². The van der Waals surface area contributed by atoms with E-state index in [1.165, 1.54) is 12.7 Å². The van der Waals surface area contributed by atoms with E-state index in [9.17, 15) is 4.79 Å². The lowest BCUT2D eigenvalue weighted by Crippen LogP contribution is -2.45. The maximum Gasteiger partial charge on any atom is 0.246 e. The third-order valence-electron chi connectivity index (χ3n) is 5.06. The molecule has 1 aliphatic rings. The maximum absolute atomic E-state index is 11.7. The molecule has 2 aromatic heterocycles. The molecule has 0 radical (unpaired) electrons. The van der Waals surface area contributed by atoms with Crippen molar-refractivity contribution in [3.8, 4) is 5.69 Å². The first kappa shape index (κ1) is 18.9. The number of thiazole rings is 1. The predicted molar refractivity (Wildman–Crippen MR) is 111 cm³/mol. The highest BCUT2D eigenvalue weighted by molar-refractivity contribution is 7.22. The quantitative estimate of drug-likeness (QED) is 0.714. The van der Waals surface area contributed by atoms with Gasteiger partial charge in [-0.2, -0.15) is 10.1 Å². The lowest BCUT2D eigenvalue weighted by Gasteiger charge is -2.32. The van der Waals surface area contributed by atoms with Crippen molar-refractivity contribution >= 4 is 32.7 Å². The number of carbonyl (C=O) groups excluding carboxylic acids is 1. The molecule has 4 rings (SSSR count). The number of nitrogens with one attached hydrogen (secondary N) is 1. The van der Waals surface area contributed by atoms with E-state index in [4.69, 9.17) is 9.72 Å². The molecule has 1 aliphatic heterocycles. The molecule has 3 aromatic rings. The van der Waals surface area contributed by atoms with Gasteiger partial charge in [-0.25, -0.2) is 4.68 Å². The fraction of sp³-hybridized carbons (Fsp3) is 0.450. The lowest BCUT2D eigenvalue weighted by molar-refractivity contribution is -0.125. The van der Waals surface area contributed by atoms with E-state index in [1.807, 2.05) is 11.6 Å². The Balaban J connectivity index is 1.51. The summed E-state index contributed by atoms with van der Waals surface area (Å²) in [6.45, 7) is 5.99. The Labute approximate surface area is 168 Å². The number of hydrogen-bond donors (Lipinski definition) is 1. The van der Waals surface area contributed by atoms with Crippen LogP contribution in [0.3, 0.4) is 0 Å². The van der Waals surface area contributed by atoms with Crippen LogP contribution in [0, 0.1) is 13.8 Å². The van der Waals surface area contributed by atoms with Crippen molar-refractivity contribution < 1.29 is 9.53 Å². The van der Waals surface area contributed by atoms with Gasteiger partial charge in [-0.05, 0) is 38.8 Å². The summed E-state index contributed by atoms with van der Waals surface area (Å²) < 4.78 is 7.95. The van der Waals surface area contributed by atoms with Crippen LogP contribution >= 0.6 is 11.3 Å². The van der Waals surface area contributed by atoms with Crippen molar-refractivity contribution in [2.75, 3.05) is 31.7 Å². The maximum atomic E-state index is 11.7. The number of benzene rings is 1. The van der Waals surface area contributed by atoms with Crippen molar-refractivity contribution in [1.29, 1.82) is 0 Å². The molecule has 28 heavy (non-hydrogen) atoms. The summed E-state index contributed by atoms with van der Waals surface area (Å²) in [5.74, 6) is -0.0465. The Hall–Kier alpha value is -2.45. The van der Waals surface area contributed by atoms with E-state index >= 15 is 0 Å². The third-order valence-corrected chi connectivity index (χ3v) is 6.28. The number of rotatable bonds is 5. The fourth-order valence-electron chi connectivity index (χ4n) is 3.54. The molecule has 1 aromatic carbocycles. The van der Waals surface area contributed by atoms with Gasteiger partial charge in [-0.15, -0.1) is 0 Å². The van der Waals surface area contributed by atoms with Gasteiger partial charge in [0, 0.05) is 26.2 Å². The Morgan fingerprint density at radius 1 is 1.25 bits per heavy atom. The summed E-state index contributed by atoms with van der Waals surface area (Å²) in [7, 11) is 1.54. The molecule has 1 N–H and O–H groups in total. The number of piperidine rings is 1. The molecule has 1 fully saturated rings. The number of nitrogens with zero attached hydrogens (tertiary/aromatic N) is 4. The van der Waals surface area contributed by atoms with Crippen molar-refractivity contribution in [3.63, 3.8) is 0 Å². The van der Waals surface area contributed by atoms with Gasteiger partial charge in [-0.3, -0.25) is 4.79 Å². The molecule has 0 aliphatic carbocycles. The summed E-state index contributed by atoms with van der Waals surface area (Å²) in [6, 6.07) is 8.54. The monoisotopic (exact) mass is 399 g/mol. The zero-order valence-electron chi connectivity index (χ0n) is 16.4. The first-order chi connectivity index (χ1) is 13.5. The molecule has 0 spiro atoms. The second kappa shape index (κ2) is 7.89. The topological polar surface area (TPSA) is 72.3 Å². The minimum Gasteiger partial charge on any atom is -0.375 e. The lowest BCUT2D eigenvalue weighted by atomic mass is 10.1. The standard InChI is InChI=1S/C20H25N5O2S/c1-13-4-6-16(7-5-13)25-19-18(14(2)23-25)28-20(22-19)24-10-8-15(9-11-24)21-17(26)12-27-3/h4-7,15H,8-12H2,1-3H3,(H,21,26). The first-order valence-electron chi connectivity index (χ1n) is 9.51. The SMILES string of the molecule is COCC(=O)NC1CCN(c2nc3c(s2)c(C)nn3-c2ccc(C)cc2)CC1. The van der Waals surface area contributed by atoms with Crippen LogP contribution in [0.25, 0.3) is 16.0 Å². The van der Waals surface area contributed by atoms with Gasteiger partial charge in [-0.1, -0.05) is 29.0 Å². The number of ether oxygens (including phenoxy) is 1. The third kappa shape index (κ3) is 3.74. The van der Waals surface area contributed by atoms with Gasteiger partial charge >= 0.3 is 0 Å². The molecular weight excluding hydrogens is 374 g/mol. The van der Waals surface area contributed by atoms with Gasteiger partial charge in [0.15, 0.2) is 10.8 Å². The second-order valence-electron chi connectivity index (χ2n) is 7.24. The van der Waals surface area contributed by atoms with Crippen molar-refractivity contribution in [2.45, 2.75) is 32.7 Å². The summed E-state index contributed by atoms with van der Waals surface area (Å²) in [6.07, 6.45) is 1.82. The highest BCUT2D eigenvalue weighted by Gasteiger charge is 2.24. The average Bonchev–Trinajstić information content (AvgIpc) is 3.24. The van der Waals surface area contributed by atoms with Crippen LogP contribution in [-0.4, -0.2) is 53.5 Å². The Kier molecular flexibility index (Phi) is 5.32. The summed E-state index contributed by atoms with van der Waals surface area (Å²) in [5, 5.41) is 8.75. The first-order valence-corrected chi connectivity index (χ1v) is 10.3. The Bertz CT molecular complexity index is 971. The van der Waals surface area contributed by atoms with Crippen LogP contribution in [0.4, 0.5) is 5.13 Å². The van der Waals surface area contributed by atoms with Gasteiger partial charge in [0.1, 0.15) is 6.61 Å². The Morgan fingerprint density at radius 2 is 1.96 bits per heavy atom. The van der Waals surface area contributed by atoms with Crippen molar-refractivity contribution in [1.82, 2.24) is 20.1 Å². The van der Waals surface area contributed by atoms with E-state index in [2.05, 4.69) is 46.5 Å². The fourth-order valence-corrected chi connectivity index (χ4v) is 4.58. The molecule has 8 heteroatoms. The zero-order valence-corrected chi connectivity index (χ0v) is 17.3. The highest BCUT2D eigenvalue weighted by Crippen LogP contribution is 2.33. The minimum absolute atomic E-state index is 0.0465. The van der Waals surface area contributed by atoms with E-state index in [0.717, 1.165) is 52.8 Å². The average molecular weight is 400 g/mol. The normalized spacial score (nSPS) is 15.3. The summed E-state index contributed by atoms with van der Waals surface area (Å²) >= 11 is 1.70. The molecule has 3 heterocycles. The van der Waals surface area contributed by atoms with Crippen molar-refractivity contribution in [3.05, 3.63) is 35.5 Å². The van der Waals surface area contributed by atoms with Gasteiger partial charge in [0.2, 0.25) is 5.91 Å². The highest BCUT2D eigenvalue weighted by atomic mass is 32.1. The summed E-state index contributed by atoms with van der Waals surface area (Å²) in [5.41, 5.74) is 4.17. The van der Waals surface area contributed by atoms with E-state index in [0.29, 0.717) is 0 Å². The molecule has 148 valence electrons. The van der Waals surface area contributed by atoms with E-state index in [-0.39, 0.29) is 18.6 Å². The smallest absolute Gasteiger partial charge is 0.246 e. The molecule has 1 saturated heterocycles. The van der Waals surface area contributed by atoms with Gasteiger partial charge in [0.25, 0.3) is 0 Å². The number of aryl methyl sites for hydroxylation is 2. The van der Waals surface area contributed by atoms with E-state index < -0.39 is 0 Å². The number of carbonyl (C=O) groups is 1. The largest absolute Gasteiger partial charge is 0.375 e. The number of fused-ring (bicyclic) bond motifs is 1. The number of methoxy groups -OCH3 is 1. The zero-order chi connectivity index (χ0) is 19.7. The number of hydrogen-bond acceptors (Lipinski definition) is 6. The molecule has 0 atom stereocenters. The molecule has 0 unspecified atom stereocenters. The van der Waals surface area contributed by atoms with E-state index in [1.54, 1.807) is 11.3 Å². The van der Waals surface area contributed by atoms with Gasteiger partial charge in [0.05, 0.1) is 16.1 Å². The van der Waals surface area contributed by atoms with Crippen LogP contribution in [0.1, 0.15) is 24.1 Å². The second-order valence-corrected chi connectivity index (χ2v) is 8.22. The number of anilines is 1. The van der Waals surface area contributed by atoms with Crippen molar-refractivity contribution in [2.24, 2.45) is 0 Å². The van der Waals surface area contributed by atoms with Crippen LogP contribution in [-0.2, 0) is 9.53 Å². The summed E-state index contributed by atoms with van der Waals surface area (Å²) in [4.78, 5) is 18.9.